The summed E-state index contributed by atoms with van der Waals surface area (Å²) in [6, 6.07) is -0.756. The fourth-order valence-corrected chi connectivity index (χ4v) is 2.76. The molecule has 0 saturated heterocycles. The summed E-state index contributed by atoms with van der Waals surface area (Å²) >= 11 is 0. The van der Waals surface area contributed by atoms with E-state index in [2.05, 4.69) is 5.09 Å². The lowest BCUT2D eigenvalue weighted by atomic mass is 10.2. The number of carbonyl (C=O) groups excluding carboxylic acids is 1. The highest BCUT2D eigenvalue weighted by Crippen LogP contribution is 2.43. The van der Waals surface area contributed by atoms with Crippen LogP contribution in [0.15, 0.2) is 0 Å². The fourth-order valence-electron chi connectivity index (χ4n) is 1.40. The van der Waals surface area contributed by atoms with Gasteiger partial charge >= 0.3 is 13.7 Å². The number of hydrogen-bond acceptors (Lipinski definition) is 5. The van der Waals surface area contributed by atoms with Gasteiger partial charge in [-0.3, -0.25) is 9.32 Å². The molecule has 0 rings (SSSR count). The summed E-state index contributed by atoms with van der Waals surface area (Å²) < 4.78 is 27.7. The second-order valence-electron chi connectivity index (χ2n) is 5.10. The molecule has 0 aromatic rings. The Hall–Kier alpha value is -0.420. The van der Waals surface area contributed by atoms with Gasteiger partial charge in [-0.15, -0.1) is 0 Å². The monoisotopic (exact) mass is 309 g/mol. The molecule has 0 aromatic carbocycles. The summed E-state index contributed by atoms with van der Waals surface area (Å²) in [6.45, 7) is 9.63. The van der Waals surface area contributed by atoms with Crippen LogP contribution in [0.3, 0.4) is 0 Å². The van der Waals surface area contributed by atoms with Crippen LogP contribution in [0.1, 0.15) is 47.5 Å². The van der Waals surface area contributed by atoms with Gasteiger partial charge in [0.2, 0.25) is 0 Å². The lowest BCUT2D eigenvalue weighted by Gasteiger charge is -2.23. The molecule has 0 aliphatic heterocycles. The fraction of sp³-hybridized carbons (Fsp3) is 0.923. The molecule has 0 spiro atoms. The maximum Gasteiger partial charge on any atom is 0.405 e. The van der Waals surface area contributed by atoms with Crippen molar-refractivity contribution in [2.24, 2.45) is 5.92 Å². The van der Waals surface area contributed by atoms with Crippen molar-refractivity contribution in [1.29, 1.82) is 0 Å². The summed E-state index contributed by atoms with van der Waals surface area (Å²) in [7, 11) is -2.19. The van der Waals surface area contributed by atoms with Gasteiger partial charge in [-0.25, -0.2) is 9.65 Å². The van der Waals surface area contributed by atoms with Crippen molar-refractivity contribution in [2.45, 2.75) is 59.6 Å². The second kappa shape index (κ2) is 9.50. The maximum absolute atomic E-state index is 12.3. The molecule has 0 aliphatic rings. The molecule has 7 heteroatoms. The molecule has 0 fully saturated rings. The van der Waals surface area contributed by atoms with E-state index in [9.17, 15) is 9.36 Å². The molecular weight excluding hydrogens is 281 g/mol. The zero-order chi connectivity index (χ0) is 15.8. The Kier molecular flexibility index (Phi) is 9.30. The molecule has 0 aliphatic carbocycles. The standard InChI is InChI=1S/C13H28NO5P/c1-7-12(8-2)19-13(15)11(5)14-20(16,17-6)18-9-10(3)4/h10-12H,7-9H2,1-6H3,(H,14,16). The van der Waals surface area contributed by atoms with Gasteiger partial charge in [0.05, 0.1) is 6.61 Å². The van der Waals surface area contributed by atoms with Crippen molar-refractivity contribution in [3.05, 3.63) is 0 Å². The van der Waals surface area contributed by atoms with E-state index in [0.717, 1.165) is 12.8 Å². The topological polar surface area (TPSA) is 73.9 Å². The van der Waals surface area contributed by atoms with Gasteiger partial charge in [0.25, 0.3) is 0 Å². The highest BCUT2D eigenvalue weighted by atomic mass is 31.2. The maximum atomic E-state index is 12.3. The first-order chi connectivity index (χ1) is 9.27. The van der Waals surface area contributed by atoms with Crippen molar-refractivity contribution in [2.75, 3.05) is 13.7 Å². The van der Waals surface area contributed by atoms with Crippen LogP contribution in [0, 0.1) is 5.92 Å². The van der Waals surface area contributed by atoms with E-state index in [0.29, 0.717) is 0 Å². The number of ether oxygens (including phenoxy) is 1. The second-order valence-corrected chi connectivity index (χ2v) is 6.97. The lowest BCUT2D eigenvalue weighted by Crippen LogP contribution is -2.36. The quantitative estimate of drug-likeness (QED) is 0.494. The third-order valence-electron chi connectivity index (χ3n) is 2.72. The number of rotatable bonds is 10. The van der Waals surface area contributed by atoms with E-state index in [-0.39, 0.29) is 18.6 Å². The molecule has 0 aromatic heterocycles. The van der Waals surface area contributed by atoms with Gasteiger partial charge in [-0.1, -0.05) is 27.7 Å². The molecule has 2 unspecified atom stereocenters. The first kappa shape index (κ1) is 19.6. The Morgan fingerprint density at radius 2 is 1.75 bits per heavy atom. The molecule has 2 atom stereocenters. The minimum Gasteiger partial charge on any atom is -0.461 e. The van der Waals surface area contributed by atoms with Gasteiger partial charge in [0.15, 0.2) is 0 Å². The van der Waals surface area contributed by atoms with E-state index >= 15 is 0 Å². The number of esters is 1. The highest BCUT2D eigenvalue weighted by molar-refractivity contribution is 7.51. The van der Waals surface area contributed by atoms with Crippen LogP contribution in [-0.4, -0.2) is 31.8 Å². The first-order valence-electron chi connectivity index (χ1n) is 7.06. The predicted molar refractivity (Wildman–Crippen MR) is 78.5 cm³/mol. The zero-order valence-electron chi connectivity index (χ0n) is 13.3. The molecule has 6 nitrogen and oxygen atoms in total. The average Bonchev–Trinajstić information content (AvgIpc) is 2.42. The number of carbonyl (C=O) groups is 1. The van der Waals surface area contributed by atoms with Crippen molar-refractivity contribution in [3.63, 3.8) is 0 Å². The van der Waals surface area contributed by atoms with Gasteiger partial charge in [0.1, 0.15) is 12.1 Å². The smallest absolute Gasteiger partial charge is 0.405 e. The Morgan fingerprint density at radius 3 is 2.15 bits per heavy atom. The molecule has 120 valence electrons. The van der Waals surface area contributed by atoms with Crippen molar-refractivity contribution in [3.8, 4) is 0 Å². The minimum atomic E-state index is -3.48. The minimum absolute atomic E-state index is 0.120. The molecule has 0 saturated carbocycles. The summed E-state index contributed by atoms with van der Waals surface area (Å²) in [4.78, 5) is 11.9. The Bertz CT molecular complexity index is 331. The Morgan fingerprint density at radius 1 is 1.20 bits per heavy atom. The predicted octanol–water partition coefficient (Wildman–Crippen LogP) is 3.12. The molecule has 20 heavy (non-hydrogen) atoms. The Labute approximate surface area is 122 Å². The van der Waals surface area contributed by atoms with Gasteiger partial charge in [-0.05, 0) is 25.7 Å². The normalized spacial score (nSPS) is 16.2. The van der Waals surface area contributed by atoms with E-state index in [1.165, 1.54) is 7.11 Å². The van der Waals surface area contributed by atoms with Crippen LogP contribution in [0.4, 0.5) is 0 Å². The van der Waals surface area contributed by atoms with Gasteiger partial charge in [0, 0.05) is 7.11 Å². The molecule has 1 N–H and O–H groups in total. The van der Waals surface area contributed by atoms with E-state index in [4.69, 9.17) is 13.8 Å². The van der Waals surface area contributed by atoms with Crippen molar-refractivity contribution in [1.82, 2.24) is 5.09 Å². The average molecular weight is 309 g/mol. The van der Waals surface area contributed by atoms with Crippen LogP contribution in [0.25, 0.3) is 0 Å². The highest BCUT2D eigenvalue weighted by Gasteiger charge is 2.30. The van der Waals surface area contributed by atoms with E-state index < -0.39 is 19.8 Å². The van der Waals surface area contributed by atoms with Gasteiger partial charge < -0.3 is 9.26 Å². The summed E-state index contributed by atoms with van der Waals surface area (Å²) in [5.41, 5.74) is 0. The van der Waals surface area contributed by atoms with E-state index in [1.807, 2.05) is 27.7 Å². The SMILES string of the molecule is CCC(CC)OC(=O)C(C)NP(=O)(OC)OCC(C)C. The van der Waals surface area contributed by atoms with Crippen LogP contribution in [0.2, 0.25) is 0 Å². The number of hydrogen-bond donors (Lipinski definition) is 1. The Balaban J connectivity index is 4.49. The molecule has 0 bridgehead atoms. The van der Waals surface area contributed by atoms with Gasteiger partial charge in [-0.2, -0.15) is 0 Å². The third-order valence-corrected chi connectivity index (χ3v) is 4.39. The first-order valence-corrected chi connectivity index (χ1v) is 8.60. The van der Waals surface area contributed by atoms with Crippen LogP contribution in [-0.2, 0) is 23.1 Å². The zero-order valence-corrected chi connectivity index (χ0v) is 14.2. The van der Waals surface area contributed by atoms with Crippen molar-refractivity contribution >= 4 is 13.7 Å². The largest absolute Gasteiger partial charge is 0.461 e. The molecule has 0 amide bonds. The van der Waals surface area contributed by atoms with Crippen LogP contribution in [0.5, 0.6) is 0 Å². The summed E-state index contributed by atoms with van der Waals surface area (Å²) in [6.07, 6.45) is 1.38. The van der Waals surface area contributed by atoms with E-state index in [1.54, 1.807) is 6.92 Å². The number of nitrogens with one attached hydrogen (secondary N) is 1. The van der Waals surface area contributed by atoms with Crippen molar-refractivity contribution < 1.29 is 23.1 Å². The van der Waals surface area contributed by atoms with Crippen LogP contribution >= 0.6 is 7.75 Å². The third kappa shape index (κ3) is 7.39. The summed E-state index contributed by atoms with van der Waals surface area (Å²) in [5.74, 6) is -0.240. The lowest BCUT2D eigenvalue weighted by molar-refractivity contribution is -0.151. The molecular formula is C13H28NO5P. The van der Waals surface area contributed by atoms with Crippen LogP contribution < -0.4 is 5.09 Å². The molecule has 0 radical (unpaired) electrons. The summed E-state index contributed by atoms with van der Waals surface area (Å²) in [5, 5.41) is 2.59. The molecule has 0 heterocycles.